The number of hydrogen-bond donors (Lipinski definition) is 0. The van der Waals surface area contributed by atoms with Crippen LogP contribution >= 0.6 is 0 Å². The minimum absolute atomic E-state index is 0.973. The first kappa shape index (κ1) is 9.16. The molecule has 2 aromatic heterocycles. The number of aromatic nitrogens is 2. The monoisotopic (exact) mass is 208 g/mol. The van der Waals surface area contributed by atoms with Gasteiger partial charge in [-0.05, 0) is 36.8 Å². The Morgan fingerprint density at radius 1 is 1.00 bits per heavy atom. The van der Waals surface area contributed by atoms with Gasteiger partial charge in [-0.1, -0.05) is 18.2 Å². The molecule has 1 aromatic carbocycles. The predicted molar refractivity (Wildman–Crippen MR) is 65.8 cm³/mol. The van der Waals surface area contributed by atoms with Gasteiger partial charge < -0.3 is 4.57 Å². The minimum atomic E-state index is 0.973. The molecule has 0 saturated heterocycles. The summed E-state index contributed by atoms with van der Waals surface area (Å²) in [5, 5.41) is 1.22. The fraction of sp³-hybridized carbons (Fsp3) is 0.0714. The molecule has 2 heterocycles. The number of pyridine rings is 1. The third-order valence-corrected chi connectivity index (χ3v) is 2.78. The molecule has 0 N–H and O–H groups in total. The molecule has 0 atom stereocenters. The van der Waals surface area contributed by atoms with Crippen molar-refractivity contribution in [1.82, 2.24) is 9.55 Å². The van der Waals surface area contributed by atoms with E-state index in [1.54, 1.807) is 0 Å². The van der Waals surface area contributed by atoms with Gasteiger partial charge >= 0.3 is 0 Å². The Morgan fingerprint density at radius 2 is 1.75 bits per heavy atom. The summed E-state index contributed by atoms with van der Waals surface area (Å²) in [7, 11) is 0. The van der Waals surface area contributed by atoms with E-state index in [-0.39, 0.29) is 0 Å². The van der Waals surface area contributed by atoms with Crippen LogP contribution in [0, 0.1) is 6.92 Å². The van der Waals surface area contributed by atoms with E-state index in [2.05, 4.69) is 30.1 Å². The molecule has 3 aromatic rings. The Morgan fingerprint density at radius 3 is 2.56 bits per heavy atom. The zero-order chi connectivity index (χ0) is 11.0. The summed E-state index contributed by atoms with van der Waals surface area (Å²) < 4.78 is 2.03. The van der Waals surface area contributed by atoms with Crippen LogP contribution in [0.1, 0.15) is 5.56 Å². The molecule has 0 saturated carbocycles. The molecular formula is C14H12N2. The Balaban J connectivity index is 2.29. The third-order valence-electron chi connectivity index (χ3n) is 2.78. The predicted octanol–water partition coefficient (Wildman–Crippen LogP) is 3.33. The number of para-hydroxylation sites is 1. The highest BCUT2D eigenvalue weighted by Crippen LogP contribution is 2.19. The molecule has 2 nitrogen and oxygen atoms in total. The normalized spacial score (nSPS) is 10.8. The van der Waals surface area contributed by atoms with E-state index in [1.807, 2.05) is 41.2 Å². The summed E-state index contributed by atoms with van der Waals surface area (Å²) in [4.78, 5) is 4.64. The summed E-state index contributed by atoms with van der Waals surface area (Å²) in [6.07, 6.45) is 4.02. The Labute approximate surface area is 94.2 Å². The van der Waals surface area contributed by atoms with Gasteiger partial charge in [-0.25, -0.2) is 4.98 Å². The lowest BCUT2D eigenvalue weighted by Gasteiger charge is -2.06. The summed E-state index contributed by atoms with van der Waals surface area (Å²) in [6, 6.07) is 14.4. The molecule has 0 bridgehead atoms. The Hall–Kier alpha value is -2.09. The molecule has 0 amide bonds. The molecule has 0 unspecified atom stereocenters. The maximum atomic E-state index is 4.64. The van der Waals surface area contributed by atoms with Crippen molar-refractivity contribution in [2.75, 3.05) is 0 Å². The van der Waals surface area contributed by atoms with Crippen LogP contribution < -0.4 is 0 Å². The van der Waals surface area contributed by atoms with Gasteiger partial charge in [0.05, 0.1) is 5.52 Å². The molecule has 2 heteroatoms. The van der Waals surface area contributed by atoms with Gasteiger partial charge in [0.25, 0.3) is 0 Å². The van der Waals surface area contributed by atoms with E-state index < -0.39 is 0 Å². The summed E-state index contributed by atoms with van der Waals surface area (Å²) in [6.45, 7) is 2.12. The number of hydrogen-bond acceptors (Lipinski definition) is 1. The number of nitrogens with zero attached hydrogens (tertiary/aromatic N) is 2. The SMILES string of the molecule is Cc1cc(-n2cccc2)nc2ccccc12. The van der Waals surface area contributed by atoms with Crippen molar-refractivity contribution in [1.29, 1.82) is 0 Å². The van der Waals surface area contributed by atoms with Crippen LogP contribution in [0.15, 0.2) is 54.9 Å². The van der Waals surface area contributed by atoms with Crippen LogP contribution in [0.5, 0.6) is 0 Å². The number of benzene rings is 1. The first-order chi connectivity index (χ1) is 7.84. The van der Waals surface area contributed by atoms with Gasteiger partial charge in [0, 0.05) is 17.8 Å². The zero-order valence-electron chi connectivity index (χ0n) is 9.09. The fourth-order valence-corrected chi connectivity index (χ4v) is 1.95. The van der Waals surface area contributed by atoms with E-state index in [1.165, 1.54) is 10.9 Å². The van der Waals surface area contributed by atoms with E-state index in [0.29, 0.717) is 0 Å². The second-order valence-electron chi connectivity index (χ2n) is 3.90. The quantitative estimate of drug-likeness (QED) is 0.599. The minimum Gasteiger partial charge on any atom is -0.309 e. The molecule has 0 fully saturated rings. The van der Waals surface area contributed by atoms with E-state index in [9.17, 15) is 0 Å². The molecule has 16 heavy (non-hydrogen) atoms. The molecule has 0 aliphatic heterocycles. The lowest BCUT2D eigenvalue weighted by atomic mass is 10.1. The van der Waals surface area contributed by atoms with Crippen molar-refractivity contribution in [2.24, 2.45) is 0 Å². The highest BCUT2D eigenvalue weighted by Gasteiger charge is 2.02. The van der Waals surface area contributed by atoms with Gasteiger partial charge in [-0.2, -0.15) is 0 Å². The summed E-state index contributed by atoms with van der Waals surface area (Å²) >= 11 is 0. The lowest BCUT2D eigenvalue weighted by Crippen LogP contribution is -1.95. The second kappa shape index (κ2) is 3.49. The lowest BCUT2D eigenvalue weighted by molar-refractivity contribution is 1.02. The first-order valence-corrected chi connectivity index (χ1v) is 5.34. The van der Waals surface area contributed by atoms with Crippen LogP contribution in [0.2, 0.25) is 0 Å². The zero-order valence-corrected chi connectivity index (χ0v) is 9.09. The highest BCUT2D eigenvalue weighted by atomic mass is 15.0. The van der Waals surface area contributed by atoms with E-state index >= 15 is 0 Å². The van der Waals surface area contributed by atoms with Crippen molar-refractivity contribution in [3.8, 4) is 5.82 Å². The number of aryl methyl sites for hydroxylation is 1. The topological polar surface area (TPSA) is 17.8 Å². The maximum absolute atomic E-state index is 4.64. The first-order valence-electron chi connectivity index (χ1n) is 5.34. The van der Waals surface area contributed by atoms with Crippen molar-refractivity contribution in [3.63, 3.8) is 0 Å². The molecule has 0 aliphatic rings. The van der Waals surface area contributed by atoms with Crippen LogP contribution in [0.3, 0.4) is 0 Å². The van der Waals surface area contributed by atoms with Crippen LogP contribution in [-0.4, -0.2) is 9.55 Å². The Bertz CT molecular complexity index is 624. The smallest absolute Gasteiger partial charge is 0.137 e. The van der Waals surface area contributed by atoms with Crippen molar-refractivity contribution < 1.29 is 0 Å². The molecule has 0 spiro atoms. The van der Waals surface area contributed by atoms with Crippen LogP contribution in [0.25, 0.3) is 16.7 Å². The van der Waals surface area contributed by atoms with Gasteiger partial charge in [0.2, 0.25) is 0 Å². The maximum Gasteiger partial charge on any atom is 0.137 e. The second-order valence-corrected chi connectivity index (χ2v) is 3.90. The fourth-order valence-electron chi connectivity index (χ4n) is 1.95. The third kappa shape index (κ3) is 1.39. The van der Waals surface area contributed by atoms with Gasteiger partial charge in [-0.3, -0.25) is 0 Å². The summed E-state index contributed by atoms with van der Waals surface area (Å²) in [5.41, 5.74) is 2.31. The average Bonchev–Trinajstić information content (AvgIpc) is 2.82. The van der Waals surface area contributed by atoms with E-state index in [4.69, 9.17) is 0 Å². The Kier molecular flexibility index (Phi) is 2.00. The standard InChI is InChI=1S/C14H12N2/c1-11-10-14(16-8-4-5-9-16)15-13-7-3-2-6-12(11)13/h2-10H,1H3. The summed E-state index contributed by atoms with van der Waals surface area (Å²) in [5.74, 6) is 0.973. The average molecular weight is 208 g/mol. The molecular weight excluding hydrogens is 196 g/mol. The van der Waals surface area contributed by atoms with Crippen LogP contribution in [-0.2, 0) is 0 Å². The molecule has 0 radical (unpaired) electrons. The van der Waals surface area contributed by atoms with Crippen molar-refractivity contribution in [2.45, 2.75) is 6.92 Å². The molecule has 0 aliphatic carbocycles. The van der Waals surface area contributed by atoms with Gasteiger partial charge in [0.1, 0.15) is 5.82 Å². The number of rotatable bonds is 1. The van der Waals surface area contributed by atoms with Gasteiger partial charge in [0.15, 0.2) is 0 Å². The van der Waals surface area contributed by atoms with Gasteiger partial charge in [-0.15, -0.1) is 0 Å². The number of fused-ring (bicyclic) bond motifs is 1. The highest BCUT2D eigenvalue weighted by molar-refractivity contribution is 5.82. The van der Waals surface area contributed by atoms with E-state index in [0.717, 1.165) is 11.3 Å². The largest absolute Gasteiger partial charge is 0.309 e. The molecule has 3 rings (SSSR count). The molecule has 78 valence electrons. The van der Waals surface area contributed by atoms with Crippen LogP contribution in [0.4, 0.5) is 0 Å². The van der Waals surface area contributed by atoms with Crippen molar-refractivity contribution in [3.05, 3.63) is 60.4 Å². The van der Waals surface area contributed by atoms with Crippen molar-refractivity contribution >= 4 is 10.9 Å².